The monoisotopic (exact) mass is 912 g/mol. The van der Waals surface area contributed by atoms with E-state index in [-0.39, 0.29) is 57.3 Å². The van der Waals surface area contributed by atoms with Crippen molar-refractivity contribution in [2.75, 3.05) is 60.3 Å². The van der Waals surface area contributed by atoms with E-state index in [9.17, 15) is 18.0 Å². The molecule has 4 saturated heterocycles. The summed E-state index contributed by atoms with van der Waals surface area (Å²) in [7, 11) is -4.02. The second-order valence-corrected chi connectivity index (χ2v) is 19.5. The summed E-state index contributed by atoms with van der Waals surface area (Å²) in [6.07, 6.45) is 10.8. The van der Waals surface area contributed by atoms with Crippen molar-refractivity contribution in [3.8, 4) is 28.1 Å². The molecule has 2 N–H and O–H groups in total. The lowest BCUT2D eigenvalue weighted by Gasteiger charge is -2.47. The molecule has 0 aliphatic carbocycles. The lowest BCUT2D eigenvalue weighted by molar-refractivity contribution is -0.134. The zero-order valence-electron chi connectivity index (χ0n) is 35.8. The van der Waals surface area contributed by atoms with E-state index in [1.165, 1.54) is 33.4 Å². The van der Waals surface area contributed by atoms with Crippen LogP contribution in [0.3, 0.4) is 0 Å². The average Bonchev–Trinajstić information content (AvgIpc) is 3.99. The topological polar surface area (TPSA) is 149 Å². The average molecular weight is 913 g/mol. The number of hydrogen-bond donors (Lipinski definition) is 2. The van der Waals surface area contributed by atoms with E-state index in [2.05, 4.69) is 43.6 Å². The number of anilines is 3. The highest BCUT2D eigenvalue weighted by Gasteiger charge is 2.34. The number of benzene rings is 2. The Bertz CT molecular complexity index is 2630. The molecule has 0 radical (unpaired) electrons. The standard InChI is InChI=1S/C46H51ClF2N10O4S/c1-29-25-56(26-30(2)58(29)27-31-13-19-55(20-14-31)42-9-5-33(24-51-42)36-7-10-43(60)52-46(36)61)35-6-8-41(39(48)23-35)59-28-38(45(53-59)32-11-15-50-16-12-32)37-21-34(47)22-40(44(37)49)54-64(62,63)57-17-3-4-18-57/h5-6,8-9,11-12,15-16,21-24,28-31,36,54H,3-4,7,10,13-14,17-20,25-27H2,1-2H3,(H,52,60,61)/t29-,30-,36?/m1/s1. The van der Waals surface area contributed by atoms with Gasteiger partial charge in [0.15, 0.2) is 11.6 Å². The quantitative estimate of drug-likeness (QED) is 0.133. The first-order valence-corrected chi connectivity index (χ1v) is 23.8. The van der Waals surface area contributed by atoms with Gasteiger partial charge in [0.25, 0.3) is 0 Å². The minimum absolute atomic E-state index is 0.00319. The number of hydrogen-bond acceptors (Lipinski definition) is 10. The molecular weight excluding hydrogens is 862 g/mol. The highest BCUT2D eigenvalue weighted by atomic mass is 35.5. The number of piperazine rings is 1. The summed E-state index contributed by atoms with van der Waals surface area (Å²) < 4.78 is 64.0. The number of halogens is 3. The third kappa shape index (κ3) is 9.08. The van der Waals surface area contributed by atoms with Crippen molar-refractivity contribution in [1.82, 2.24) is 34.3 Å². The predicted octanol–water partition coefficient (Wildman–Crippen LogP) is 7.02. The smallest absolute Gasteiger partial charge is 0.301 e. The van der Waals surface area contributed by atoms with Gasteiger partial charge in [-0.3, -0.25) is 29.5 Å². The summed E-state index contributed by atoms with van der Waals surface area (Å²) >= 11 is 6.49. The van der Waals surface area contributed by atoms with Crippen molar-refractivity contribution in [2.24, 2.45) is 5.92 Å². The van der Waals surface area contributed by atoms with Crippen LogP contribution < -0.4 is 19.8 Å². The summed E-state index contributed by atoms with van der Waals surface area (Å²) in [5.74, 6) is -0.749. The van der Waals surface area contributed by atoms with E-state index in [1.807, 2.05) is 18.2 Å². The third-order valence-electron chi connectivity index (χ3n) is 13.1. The highest BCUT2D eigenvalue weighted by Crippen LogP contribution is 2.39. The fourth-order valence-corrected chi connectivity index (χ4v) is 11.2. The molecule has 4 aliphatic rings. The summed E-state index contributed by atoms with van der Waals surface area (Å²) in [5, 5.41) is 7.28. The van der Waals surface area contributed by atoms with Gasteiger partial charge >= 0.3 is 10.2 Å². The van der Waals surface area contributed by atoms with Gasteiger partial charge in [-0.2, -0.15) is 17.8 Å². The highest BCUT2D eigenvalue weighted by molar-refractivity contribution is 7.90. The van der Waals surface area contributed by atoms with Crippen LogP contribution in [0, 0.1) is 17.6 Å². The van der Waals surface area contributed by atoms with E-state index in [4.69, 9.17) is 21.7 Å². The Hall–Kier alpha value is -5.49. The molecule has 14 nitrogen and oxygen atoms in total. The van der Waals surface area contributed by atoms with Gasteiger partial charge in [0.1, 0.15) is 17.2 Å². The number of carbonyl (C=O) groups excluding carboxylic acids is 2. The van der Waals surface area contributed by atoms with Gasteiger partial charge in [-0.25, -0.2) is 18.4 Å². The Labute approximate surface area is 376 Å². The molecule has 0 bridgehead atoms. The van der Waals surface area contributed by atoms with Crippen LogP contribution in [0.25, 0.3) is 28.1 Å². The van der Waals surface area contributed by atoms with Crippen molar-refractivity contribution in [3.05, 3.63) is 102 Å². The van der Waals surface area contributed by atoms with E-state index in [0.717, 1.165) is 75.5 Å². The summed E-state index contributed by atoms with van der Waals surface area (Å²) in [6.45, 7) is 9.33. The fraction of sp³-hybridized carbons (Fsp3) is 0.413. The zero-order valence-corrected chi connectivity index (χ0v) is 37.3. The maximum Gasteiger partial charge on any atom is 0.301 e. The Kier molecular flexibility index (Phi) is 12.4. The summed E-state index contributed by atoms with van der Waals surface area (Å²) in [4.78, 5) is 39.8. The summed E-state index contributed by atoms with van der Waals surface area (Å²) in [6, 6.07) is 15.5. The number of nitrogens with zero attached hydrogens (tertiary/aromatic N) is 8. The van der Waals surface area contributed by atoms with Gasteiger partial charge in [0.05, 0.1) is 11.6 Å². The van der Waals surface area contributed by atoms with Crippen LogP contribution in [-0.4, -0.2) is 107 Å². The fourth-order valence-electron chi connectivity index (χ4n) is 9.66. The van der Waals surface area contributed by atoms with Crippen LogP contribution in [0.2, 0.25) is 5.02 Å². The van der Waals surface area contributed by atoms with Gasteiger partial charge in [-0.15, -0.1) is 0 Å². The van der Waals surface area contributed by atoms with Crippen LogP contribution in [0.15, 0.2) is 79.4 Å². The van der Waals surface area contributed by atoms with Crippen molar-refractivity contribution in [2.45, 2.75) is 70.4 Å². The number of carbonyl (C=O) groups is 2. The molecule has 9 rings (SSSR count). The van der Waals surface area contributed by atoms with Gasteiger partial charge in [0, 0.05) is 117 Å². The Morgan fingerprint density at radius 2 is 1.61 bits per heavy atom. The molecule has 4 fully saturated rings. The zero-order chi connectivity index (χ0) is 44.7. The minimum atomic E-state index is -4.02. The first kappa shape index (κ1) is 43.7. The normalized spacial score (nSPS) is 21.7. The number of nitrogens with one attached hydrogen (secondary N) is 2. The largest absolute Gasteiger partial charge is 0.368 e. The Morgan fingerprint density at radius 3 is 2.28 bits per heavy atom. The molecule has 18 heteroatoms. The molecule has 0 saturated carbocycles. The molecular formula is C46H51ClF2N10O4S. The molecule has 5 aromatic rings. The summed E-state index contributed by atoms with van der Waals surface area (Å²) in [5.41, 5.74) is 2.68. The number of aromatic nitrogens is 4. The maximum atomic E-state index is 16.4. The molecule has 2 amide bonds. The Morgan fingerprint density at radius 1 is 0.875 bits per heavy atom. The van der Waals surface area contributed by atoms with E-state index in [0.29, 0.717) is 43.1 Å². The Balaban J connectivity index is 0.869. The predicted molar refractivity (Wildman–Crippen MR) is 243 cm³/mol. The lowest BCUT2D eigenvalue weighted by Crippen LogP contribution is -2.58. The number of imide groups is 1. The first-order valence-electron chi connectivity index (χ1n) is 21.9. The molecule has 336 valence electrons. The van der Waals surface area contributed by atoms with Crippen LogP contribution in [0.4, 0.5) is 26.0 Å². The molecule has 2 aromatic carbocycles. The molecule has 4 aliphatic heterocycles. The first-order chi connectivity index (χ1) is 30.8. The number of pyridine rings is 2. The molecule has 0 spiro atoms. The molecule has 3 atom stereocenters. The van der Waals surface area contributed by atoms with Gasteiger partial charge < -0.3 is 9.80 Å². The SMILES string of the molecule is C[C@@H]1CN(c2ccc(-n3cc(-c4cc(Cl)cc(NS(=O)(=O)N5CCCC5)c4F)c(-c4ccncc4)n3)c(F)c2)C[C@@H](C)N1CC1CCN(c2ccc(C3CCC(=O)NC3=O)cn2)CC1. The van der Waals surface area contributed by atoms with Crippen LogP contribution in [0.1, 0.15) is 63.9 Å². The maximum absolute atomic E-state index is 16.4. The van der Waals surface area contributed by atoms with Crippen LogP contribution in [0.5, 0.6) is 0 Å². The second kappa shape index (κ2) is 18.2. The van der Waals surface area contributed by atoms with E-state index >= 15 is 8.78 Å². The lowest BCUT2D eigenvalue weighted by atomic mass is 9.91. The number of piperidine rings is 2. The van der Waals surface area contributed by atoms with Crippen LogP contribution >= 0.6 is 11.6 Å². The van der Waals surface area contributed by atoms with E-state index < -0.39 is 21.8 Å². The van der Waals surface area contributed by atoms with Crippen molar-refractivity contribution in [3.63, 3.8) is 0 Å². The minimum Gasteiger partial charge on any atom is -0.368 e. The van der Waals surface area contributed by atoms with Crippen molar-refractivity contribution >= 4 is 50.8 Å². The molecule has 64 heavy (non-hydrogen) atoms. The van der Waals surface area contributed by atoms with E-state index in [1.54, 1.807) is 36.8 Å². The molecule has 3 aromatic heterocycles. The molecule has 1 unspecified atom stereocenters. The van der Waals surface area contributed by atoms with Gasteiger partial charge in [-0.05, 0) is 106 Å². The molecule has 7 heterocycles. The third-order valence-corrected chi connectivity index (χ3v) is 14.8. The van der Waals surface area contributed by atoms with Gasteiger partial charge in [-0.1, -0.05) is 17.7 Å². The van der Waals surface area contributed by atoms with Crippen LogP contribution in [-0.2, 0) is 19.8 Å². The second-order valence-electron chi connectivity index (χ2n) is 17.4. The van der Waals surface area contributed by atoms with Crippen molar-refractivity contribution in [1.29, 1.82) is 0 Å². The van der Waals surface area contributed by atoms with Crippen molar-refractivity contribution < 1.29 is 26.8 Å². The number of amides is 2. The van der Waals surface area contributed by atoms with Gasteiger partial charge in [0.2, 0.25) is 11.8 Å². The number of rotatable bonds is 11.